The first-order valence-corrected chi connectivity index (χ1v) is 5.74. The molecule has 2 unspecified atom stereocenters. The quantitative estimate of drug-likeness (QED) is 0.409. The second-order valence-electron chi connectivity index (χ2n) is 3.19. The van der Waals surface area contributed by atoms with Gasteiger partial charge in [0, 0.05) is 0 Å². The Labute approximate surface area is 82.7 Å². The highest BCUT2D eigenvalue weighted by Gasteiger charge is 2.44. The predicted octanol–water partition coefficient (Wildman–Crippen LogP) is -1.22. The van der Waals surface area contributed by atoms with E-state index in [2.05, 4.69) is 4.52 Å². The average Bonchev–Trinajstić information content (AvgIpc) is 2.30. The maximum atomic E-state index is 10.7. The molecular formula is C6H12BO6P. The molecule has 1 heterocycles. The standard InChI is InChI=1S/C6H12BO6P/c1-3-5(9)6(4(2-8)12-3)13-14(7,10)11/h3-6,8-9H,2H2,1H3,(H,10,11)/t3-,4+,5+,6?/m0/s1. The Morgan fingerprint density at radius 2 is 2.21 bits per heavy atom. The van der Waals surface area contributed by atoms with E-state index in [4.69, 9.17) is 22.3 Å². The van der Waals surface area contributed by atoms with Gasteiger partial charge in [-0.1, -0.05) is 0 Å². The summed E-state index contributed by atoms with van der Waals surface area (Å²) in [7, 11) is 0.600. The van der Waals surface area contributed by atoms with E-state index >= 15 is 0 Å². The van der Waals surface area contributed by atoms with E-state index < -0.39 is 38.5 Å². The number of ether oxygens (including phenoxy) is 1. The van der Waals surface area contributed by atoms with Gasteiger partial charge in [0.15, 0.2) is 0 Å². The third kappa shape index (κ3) is 2.79. The van der Waals surface area contributed by atoms with Crippen LogP contribution in [0.2, 0.25) is 0 Å². The van der Waals surface area contributed by atoms with Crippen molar-refractivity contribution in [2.45, 2.75) is 31.3 Å². The van der Waals surface area contributed by atoms with Crippen molar-refractivity contribution in [3.63, 3.8) is 0 Å². The molecule has 2 radical (unpaired) electrons. The summed E-state index contributed by atoms with van der Waals surface area (Å²) < 4.78 is 20.4. The molecule has 5 atom stereocenters. The van der Waals surface area contributed by atoms with Crippen LogP contribution in [0.4, 0.5) is 0 Å². The van der Waals surface area contributed by atoms with Gasteiger partial charge in [-0.25, -0.2) is 0 Å². The van der Waals surface area contributed by atoms with Gasteiger partial charge in [0.25, 0.3) is 7.47 Å². The molecule has 80 valence electrons. The summed E-state index contributed by atoms with van der Waals surface area (Å²) in [5.41, 5.74) is 0. The first-order valence-electron chi connectivity index (χ1n) is 4.09. The van der Waals surface area contributed by atoms with Crippen molar-refractivity contribution in [3.8, 4) is 0 Å². The Morgan fingerprint density at radius 3 is 2.64 bits per heavy atom. The highest BCUT2D eigenvalue weighted by atomic mass is 31.2. The van der Waals surface area contributed by atoms with Crippen molar-refractivity contribution in [1.82, 2.24) is 0 Å². The van der Waals surface area contributed by atoms with Crippen molar-refractivity contribution in [2.75, 3.05) is 6.61 Å². The van der Waals surface area contributed by atoms with Gasteiger partial charge in [-0.3, -0.25) is 4.57 Å². The lowest BCUT2D eigenvalue weighted by Gasteiger charge is -2.21. The fourth-order valence-electron chi connectivity index (χ4n) is 1.37. The average molecular weight is 222 g/mol. The smallest absolute Gasteiger partial charge is 0.261 e. The SMILES string of the molecule is [B]P(=O)(O)OC1[C@@H](CO)O[C@@H](C)[C@H]1O. The van der Waals surface area contributed by atoms with E-state index in [0.717, 1.165) is 0 Å². The Kier molecular flexibility index (Phi) is 3.74. The Hall–Kier alpha value is 0.0949. The molecule has 8 heteroatoms. The maximum absolute atomic E-state index is 10.7. The minimum atomic E-state index is -4.18. The molecule has 1 rings (SSSR count). The number of hydrogen-bond donors (Lipinski definition) is 3. The summed E-state index contributed by atoms with van der Waals surface area (Å²) in [6.45, 7) is 1.15. The number of hydrogen-bond acceptors (Lipinski definition) is 5. The number of rotatable bonds is 3. The van der Waals surface area contributed by atoms with Crippen LogP contribution in [0.25, 0.3) is 0 Å². The Balaban J connectivity index is 2.69. The van der Waals surface area contributed by atoms with Crippen LogP contribution in [-0.2, 0) is 13.8 Å². The Morgan fingerprint density at radius 1 is 1.64 bits per heavy atom. The summed E-state index contributed by atoms with van der Waals surface area (Å²) in [5.74, 6) is 0. The minimum absolute atomic E-state index is 0.411. The number of aliphatic hydroxyl groups excluding tert-OH is 2. The second kappa shape index (κ2) is 4.30. The first kappa shape index (κ1) is 12.2. The topological polar surface area (TPSA) is 96.2 Å². The van der Waals surface area contributed by atoms with Gasteiger partial charge in [0.05, 0.1) is 12.7 Å². The van der Waals surface area contributed by atoms with Crippen molar-refractivity contribution < 1.29 is 28.9 Å². The summed E-state index contributed by atoms with van der Waals surface area (Å²) in [6.07, 6.45) is -3.54. The van der Waals surface area contributed by atoms with Crippen LogP contribution in [0.1, 0.15) is 6.92 Å². The van der Waals surface area contributed by atoms with E-state index in [1.54, 1.807) is 6.92 Å². The molecule has 6 nitrogen and oxygen atoms in total. The van der Waals surface area contributed by atoms with Crippen LogP contribution in [0, 0.1) is 0 Å². The zero-order valence-corrected chi connectivity index (χ0v) is 8.50. The third-order valence-corrected chi connectivity index (χ3v) is 2.57. The van der Waals surface area contributed by atoms with E-state index in [9.17, 15) is 9.67 Å². The molecule has 14 heavy (non-hydrogen) atoms. The van der Waals surface area contributed by atoms with Gasteiger partial charge in [-0.2, -0.15) is 0 Å². The van der Waals surface area contributed by atoms with Crippen LogP contribution in [-0.4, -0.2) is 53.7 Å². The van der Waals surface area contributed by atoms with Gasteiger partial charge in [-0.15, -0.1) is 0 Å². The lowest BCUT2D eigenvalue weighted by atomic mass is 10.1. The summed E-state index contributed by atoms with van der Waals surface area (Å²) in [6, 6.07) is 0. The van der Waals surface area contributed by atoms with Crippen LogP contribution in [0.3, 0.4) is 0 Å². The van der Waals surface area contributed by atoms with E-state index in [0.29, 0.717) is 0 Å². The highest BCUT2D eigenvalue weighted by molar-refractivity contribution is 7.78. The lowest BCUT2D eigenvalue weighted by Crippen LogP contribution is -2.35. The molecular weight excluding hydrogens is 210 g/mol. The normalized spacial score (nSPS) is 42.3. The molecule has 0 aliphatic carbocycles. The van der Waals surface area contributed by atoms with Crippen molar-refractivity contribution in [1.29, 1.82) is 0 Å². The first-order chi connectivity index (χ1) is 6.35. The summed E-state index contributed by atoms with van der Waals surface area (Å²) in [4.78, 5) is 8.76. The van der Waals surface area contributed by atoms with Gasteiger partial charge in [0.2, 0.25) is 7.57 Å². The molecule has 0 bridgehead atoms. The summed E-state index contributed by atoms with van der Waals surface area (Å²) in [5, 5.41) is 18.3. The van der Waals surface area contributed by atoms with Crippen LogP contribution < -0.4 is 0 Å². The van der Waals surface area contributed by atoms with E-state index in [-0.39, 0.29) is 0 Å². The molecule has 0 spiro atoms. The van der Waals surface area contributed by atoms with E-state index in [1.165, 1.54) is 0 Å². The molecule has 1 fully saturated rings. The van der Waals surface area contributed by atoms with Gasteiger partial charge in [0.1, 0.15) is 18.3 Å². The number of aliphatic hydroxyl groups is 2. The molecule has 0 aromatic heterocycles. The van der Waals surface area contributed by atoms with Crippen LogP contribution in [0.15, 0.2) is 0 Å². The Bertz CT molecular complexity index is 242. The molecule has 1 aliphatic rings. The van der Waals surface area contributed by atoms with Crippen LogP contribution in [0.5, 0.6) is 0 Å². The largest absolute Gasteiger partial charge is 0.394 e. The summed E-state index contributed by atoms with van der Waals surface area (Å²) >= 11 is 0. The molecule has 0 amide bonds. The van der Waals surface area contributed by atoms with Gasteiger partial charge in [-0.05, 0) is 6.92 Å². The van der Waals surface area contributed by atoms with Crippen molar-refractivity contribution in [2.24, 2.45) is 0 Å². The molecule has 3 N–H and O–H groups in total. The molecule has 0 saturated carbocycles. The van der Waals surface area contributed by atoms with Crippen molar-refractivity contribution >= 4 is 15.0 Å². The monoisotopic (exact) mass is 222 g/mol. The zero-order valence-electron chi connectivity index (χ0n) is 7.61. The van der Waals surface area contributed by atoms with Gasteiger partial charge >= 0.3 is 0 Å². The molecule has 1 aliphatic heterocycles. The zero-order chi connectivity index (χ0) is 10.9. The second-order valence-corrected chi connectivity index (χ2v) is 4.53. The third-order valence-electron chi connectivity index (χ3n) is 2.03. The van der Waals surface area contributed by atoms with Crippen LogP contribution >= 0.6 is 7.47 Å². The van der Waals surface area contributed by atoms with Crippen molar-refractivity contribution in [3.05, 3.63) is 0 Å². The lowest BCUT2D eigenvalue weighted by molar-refractivity contribution is -0.0120. The fraction of sp³-hybridized carbons (Fsp3) is 1.00. The predicted molar refractivity (Wildman–Crippen MR) is 47.9 cm³/mol. The maximum Gasteiger partial charge on any atom is 0.261 e. The molecule has 1 saturated heterocycles. The molecule has 0 aromatic carbocycles. The minimum Gasteiger partial charge on any atom is -0.394 e. The van der Waals surface area contributed by atoms with Gasteiger partial charge < -0.3 is 24.4 Å². The highest BCUT2D eigenvalue weighted by Crippen LogP contribution is 2.41. The fourth-order valence-corrected chi connectivity index (χ4v) is 1.98. The van der Waals surface area contributed by atoms with E-state index in [1.807, 2.05) is 0 Å². The molecule has 0 aromatic rings.